The number of hydrazine groups is 1. The van der Waals surface area contributed by atoms with E-state index in [1.165, 1.54) is 0 Å². The molecule has 0 aromatic carbocycles. The van der Waals surface area contributed by atoms with Crippen LogP contribution in [-0.2, 0) is 0 Å². The lowest BCUT2D eigenvalue weighted by Gasteiger charge is -2.10. The smallest absolute Gasteiger partial charge is 0.0285 e. The van der Waals surface area contributed by atoms with Crippen LogP contribution in [-0.4, -0.2) is 24.0 Å². The summed E-state index contributed by atoms with van der Waals surface area (Å²) in [6.45, 7) is 5.14. The van der Waals surface area contributed by atoms with Crippen LogP contribution in [0.5, 0.6) is 0 Å². The van der Waals surface area contributed by atoms with Crippen molar-refractivity contribution in [3.63, 3.8) is 0 Å². The van der Waals surface area contributed by atoms with Gasteiger partial charge in [-0.25, -0.2) is 5.43 Å². The first kappa shape index (κ1) is 8.88. The van der Waals surface area contributed by atoms with Crippen molar-refractivity contribution in [3.8, 4) is 0 Å². The van der Waals surface area contributed by atoms with Gasteiger partial charge >= 0.3 is 0 Å². The van der Waals surface area contributed by atoms with E-state index in [9.17, 15) is 0 Å². The normalized spacial score (nSPS) is 11.3. The molecule has 0 aliphatic heterocycles. The minimum absolute atomic E-state index is 0.692. The average molecular weight is 132 g/mol. The number of nitrogens with zero attached hydrogens (tertiary/aromatic N) is 1. The van der Waals surface area contributed by atoms with Gasteiger partial charge in [-0.05, 0) is 12.3 Å². The van der Waals surface area contributed by atoms with Crippen molar-refractivity contribution in [1.29, 1.82) is 0 Å². The van der Waals surface area contributed by atoms with E-state index in [0.717, 1.165) is 18.1 Å². The molecular weight excluding hydrogens is 116 g/mol. The minimum Gasteiger partial charge on any atom is -0.299 e. The Balaban J connectivity index is 2.91. The van der Waals surface area contributed by atoms with Crippen LogP contribution in [0.3, 0.4) is 0 Å². The first-order valence-corrected chi connectivity index (χ1v) is 3.29. The largest absolute Gasteiger partial charge is 0.299 e. The monoisotopic (exact) mass is 132 g/mol. The average Bonchev–Trinajstić information content (AvgIpc) is 1.63. The molecule has 0 spiro atoms. The van der Waals surface area contributed by atoms with Crippen LogP contribution in [0.4, 0.5) is 0 Å². The summed E-state index contributed by atoms with van der Waals surface area (Å²) < 4.78 is 0. The Morgan fingerprint density at radius 2 is 2.11 bits per heavy atom. The number of hydroxylamine groups is 1. The van der Waals surface area contributed by atoms with Crippen LogP contribution in [0, 0.1) is 5.92 Å². The Bertz CT molecular complexity index is 56.1. The van der Waals surface area contributed by atoms with Gasteiger partial charge in [0.2, 0.25) is 0 Å². The minimum atomic E-state index is 0.692. The number of hydrogen-bond donors (Lipinski definition) is 2. The van der Waals surface area contributed by atoms with E-state index in [2.05, 4.69) is 19.3 Å². The standard InChI is InChI=1S/C6H16N2O/c1-6(2)4-5-7-8(3)9/h6-7,9H,4-5H2,1-3H3. The zero-order valence-electron chi connectivity index (χ0n) is 6.39. The Kier molecular flexibility index (Phi) is 4.67. The summed E-state index contributed by atoms with van der Waals surface area (Å²) in [4.78, 5) is 0. The molecule has 0 saturated heterocycles. The van der Waals surface area contributed by atoms with Gasteiger partial charge in [-0.15, -0.1) is 5.17 Å². The highest BCUT2D eigenvalue weighted by Crippen LogP contribution is 1.95. The van der Waals surface area contributed by atoms with Crippen LogP contribution in [0.2, 0.25) is 0 Å². The summed E-state index contributed by atoms with van der Waals surface area (Å²) in [5.74, 6) is 0.692. The van der Waals surface area contributed by atoms with Crippen molar-refractivity contribution in [1.82, 2.24) is 10.6 Å². The van der Waals surface area contributed by atoms with Crippen molar-refractivity contribution < 1.29 is 5.21 Å². The number of hydrogen-bond acceptors (Lipinski definition) is 3. The third kappa shape index (κ3) is 7.88. The zero-order valence-corrected chi connectivity index (χ0v) is 6.39. The summed E-state index contributed by atoms with van der Waals surface area (Å²) >= 11 is 0. The van der Waals surface area contributed by atoms with Gasteiger partial charge in [0.25, 0.3) is 0 Å². The fraction of sp³-hybridized carbons (Fsp3) is 1.00. The molecule has 2 N–H and O–H groups in total. The highest BCUT2D eigenvalue weighted by Gasteiger charge is 1.93. The molecule has 0 heterocycles. The molecule has 0 unspecified atom stereocenters. The maximum Gasteiger partial charge on any atom is 0.0285 e. The van der Waals surface area contributed by atoms with E-state index >= 15 is 0 Å². The molecule has 0 aliphatic carbocycles. The molecule has 0 atom stereocenters. The van der Waals surface area contributed by atoms with E-state index in [-0.39, 0.29) is 0 Å². The van der Waals surface area contributed by atoms with E-state index < -0.39 is 0 Å². The molecule has 3 heteroatoms. The topological polar surface area (TPSA) is 35.5 Å². The second-order valence-corrected chi connectivity index (χ2v) is 2.61. The van der Waals surface area contributed by atoms with Crippen molar-refractivity contribution in [2.24, 2.45) is 5.92 Å². The quantitative estimate of drug-likeness (QED) is 0.557. The molecule has 56 valence electrons. The van der Waals surface area contributed by atoms with Crippen molar-refractivity contribution in [3.05, 3.63) is 0 Å². The zero-order chi connectivity index (χ0) is 7.28. The number of rotatable bonds is 4. The van der Waals surface area contributed by atoms with Gasteiger partial charge in [0, 0.05) is 13.6 Å². The number of nitrogens with one attached hydrogen (secondary N) is 1. The van der Waals surface area contributed by atoms with E-state index in [1.807, 2.05) is 0 Å². The Hall–Kier alpha value is -0.120. The molecule has 0 bridgehead atoms. The van der Waals surface area contributed by atoms with Crippen LogP contribution in [0.25, 0.3) is 0 Å². The van der Waals surface area contributed by atoms with E-state index in [1.54, 1.807) is 7.05 Å². The van der Waals surface area contributed by atoms with Crippen LogP contribution >= 0.6 is 0 Å². The van der Waals surface area contributed by atoms with E-state index in [4.69, 9.17) is 5.21 Å². The van der Waals surface area contributed by atoms with Crippen molar-refractivity contribution in [2.75, 3.05) is 13.6 Å². The molecule has 3 nitrogen and oxygen atoms in total. The van der Waals surface area contributed by atoms with Gasteiger partial charge in [0.15, 0.2) is 0 Å². The van der Waals surface area contributed by atoms with Gasteiger partial charge in [-0.1, -0.05) is 13.8 Å². The van der Waals surface area contributed by atoms with Gasteiger partial charge in [0.1, 0.15) is 0 Å². The SMILES string of the molecule is CC(C)CCNN(C)O. The highest BCUT2D eigenvalue weighted by atomic mass is 16.5. The van der Waals surface area contributed by atoms with Crippen LogP contribution < -0.4 is 5.43 Å². The molecular formula is C6H16N2O. The highest BCUT2D eigenvalue weighted by molar-refractivity contribution is 4.44. The lowest BCUT2D eigenvalue weighted by atomic mass is 10.1. The van der Waals surface area contributed by atoms with Gasteiger partial charge in [-0.3, -0.25) is 5.21 Å². The predicted molar refractivity (Wildman–Crippen MR) is 37.0 cm³/mol. The maximum absolute atomic E-state index is 8.59. The summed E-state index contributed by atoms with van der Waals surface area (Å²) in [5.41, 5.74) is 2.77. The third-order valence-corrected chi connectivity index (χ3v) is 1.06. The summed E-state index contributed by atoms with van der Waals surface area (Å²) in [6.07, 6.45) is 1.09. The van der Waals surface area contributed by atoms with Crippen molar-refractivity contribution in [2.45, 2.75) is 20.3 Å². The molecule has 0 aromatic heterocycles. The molecule has 0 fully saturated rings. The van der Waals surface area contributed by atoms with Gasteiger partial charge < -0.3 is 0 Å². The Labute approximate surface area is 56.6 Å². The summed E-state index contributed by atoms with van der Waals surface area (Å²) in [6, 6.07) is 0. The molecule has 0 aromatic rings. The second kappa shape index (κ2) is 4.73. The van der Waals surface area contributed by atoms with E-state index in [0.29, 0.717) is 5.92 Å². The Morgan fingerprint density at radius 1 is 1.56 bits per heavy atom. The molecule has 0 radical (unpaired) electrons. The summed E-state index contributed by atoms with van der Waals surface area (Å²) in [5, 5.41) is 9.58. The molecule has 0 saturated carbocycles. The molecule has 9 heavy (non-hydrogen) atoms. The third-order valence-electron chi connectivity index (χ3n) is 1.06. The Morgan fingerprint density at radius 3 is 2.44 bits per heavy atom. The fourth-order valence-electron chi connectivity index (χ4n) is 0.515. The summed E-state index contributed by atoms with van der Waals surface area (Å²) in [7, 11) is 1.57. The fourth-order valence-corrected chi connectivity index (χ4v) is 0.515. The molecule has 0 aliphatic rings. The first-order valence-electron chi connectivity index (χ1n) is 3.29. The van der Waals surface area contributed by atoms with Crippen LogP contribution in [0.1, 0.15) is 20.3 Å². The predicted octanol–water partition coefficient (Wildman–Crippen LogP) is 0.858. The van der Waals surface area contributed by atoms with Crippen LogP contribution in [0.15, 0.2) is 0 Å². The van der Waals surface area contributed by atoms with Gasteiger partial charge in [-0.2, -0.15) is 0 Å². The van der Waals surface area contributed by atoms with Gasteiger partial charge in [0.05, 0.1) is 0 Å². The first-order chi connectivity index (χ1) is 4.13. The maximum atomic E-state index is 8.59. The van der Waals surface area contributed by atoms with Crippen molar-refractivity contribution >= 4 is 0 Å². The molecule has 0 rings (SSSR count). The lowest BCUT2D eigenvalue weighted by molar-refractivity contribution is -0.112. The second-order valence-electron chi connectivity index (χ2n) is 2.61. The molecule has 0 amide bonds. The lowest BCUT2D eigenvalue weighted by Crippen LogP contribution is -2.32.